The van der Waals surface area contributed by atoms with E-state index in [1.807, 2.05) is 0 Å². The molecule has 1 heterocycles. The molecule has 0 amide bonds. The molecule has 0 radical (unpaired) electrons. The quantitative estimate of drug-likeness (QED) is 0.785. The Bertz CT molecular complexity index is 638. The highest BCUT2D eigenvalue weighted by molar-refractivity contribution is 8.13. The molecule has 86 valence electrons. The maximum atomic E-state index is 12.5. The van der Waals surface area contributed by atoms with Crippen LogP contribution >= 0.6 is 10.7 Å². The Morgan fingerprint density at radius 1 is 1.38 bits per heavy atom. The first-order chi connectivity index (χ1) is 7.39. The maximum absolute atomic E-state index is 12.5. The van der Waals surface area contributed by atoms with Gasteiger partial charge in [0.15, 0.2) is 5.58 Å². The SMILES string of the molecule is O=S(=O)(Cl)c1nc2c(C(F)F)cccc2o1. The molecule has 2 rings (SSSR count). The predicted octanol–water partition coefficient (Wildman–Crippen LogP) is 2.69. The van der Waals surface area contributed by atoms with Crippen LogP contribution in [0, 0.1) is 0 Å². The Kier molecular flexibility index (Phi) is 2.59. The van der Waals surface area contributed by atoms with E-state index in [1.165, 1.54) is 12.1 Å². The summed E-state index contributed by atoms with van der Waals surface area (Å²) in [6, 6.07) is 3.79. The molecule has 0 N–H and O–H groups in total. The summed E-state index contributed by atoms with van der Waals surface area (Å²) < 4.78 is 51.6. The van der Waals surface area contributed by atoms with Crippen LogP contribution in [0.2, 0.25) is 0 Å². The van der Waals surface area contributed by atoms with Crippen molar-refractivity contribution in [3.63, 3.8) is 0 Å². The molecule has 0 unspecified atom stereocenters. The van der Waals surface area contributed by atoms with Gasteiger partial charge in [0.2, 0.25) is 0 Å². The summed E-state index contributed by atoms with van der Waals surface area (Å²) in [5.41, 5.74) is -0.637. The minimum atomic E-state index is -4.16. The standard InChI is InChI=1S/C8H4ClF2NO3S/c9-16(13,14)8-12-6-4(7(10)11)2-1-3-5(6)15-8/h1-3,7H. The van der Waals surface area contributed by atoms with Crippen LogP contribution in [-0.4, -0.2) is 13.4 Å². The number of aromatic nitrogens is 1. The van der Waals surface area contributed by atoms with Crippen LogP contribution in [-0.2, 0) is 9.05 Å². The molecule has 0 saturated carbocycles. The number of rotatable bonds is 2. The molecule has 0 atom stereocenters. The highest BCUT2D eigenvalue weighted by Crippen LogP contribution is 2.29. The molecule has 8 heteroatoms. The van der Waals surface area contributed by atoms with Gasteiger partial charge in [0.05, 0.1) is 0 Å². The zero-order valence-corrected chi connectivity index (χ0v) is 9.10. The van der Waals surface area contributed by atoms with Crippen LogP contribution in [0.3, 0.4) is 0 Å². The first kappa shape index (κ1) is 11.3. The fourth-order valence-electron chi connectivity index (χ4n) is 1.23. The van der Waals surface area contributed by atoms with E-state index in [1.54, 1.807) is 0 Å². The molecular formula is C8H4ClF2NO3S. The smallest absolute Gasteiger partial charge is 0.332 e. The predicted molar refractivity (Wildman–Crippen MR) is 52.0 cm³/mol. The number of hydrogen-bond donors (Lipinski definition) is 0. The molecule has 16 heavy (non-hydrogen) atoms. The number of halogens is 3. The Morgan fingerprint density at radius 2 is 2.06 bits per heavy atom. The van der Waals surface area contributed by atoms with E-state index in [0.29, 0.717) is 0 Å². The van der Waals surface area contributed by atoms with Gasteiger partial charge in [-0.1, -0.05) is 12.1 Å². The average molecular weight is 268 g/mol. The maximum Gasteiger partial charge on any atom is 0.332 e. The van der Waals surface area contributed by atoms with Crippen molar-refractivity contribution in [3.05, 3.63) is 23.8 Å². The van der Waals surface area contributed by atoms with Crippen LogP contribution in [0.1, 0.15) is 12.0 Å². The fraction of sp³-hybridized carbons (Fsp3) is 0.125. The topological polar surface area (TPSA) is 60.2 Å². The van der Waals surface area contributed by atoms with Crippen LogP contribution in [0.4, 0.5) is 8.78 Å². The van der Waals surface area contributed by atoms with Crippen molar-refractivity contribution < 1.29 is 21.6 Å². The lowest BCUT2D eigenvalue weighted by atomic mass is 10.2. The summed E-state index contributed by atoms with van der Waals surface area (Å²) in [5.74, 6) is 0. The number of para-hydroxylation sites is 1. The lowest BCUT2D eigenvalue weighted by Gasteiger charge is -1.97. The summed E-state index contributed by atoms with van der Waals surface area (Å²) in [6.07, 6.45) is -2.76. The summed E-state index contributed by atoms with van der Waals surface area (Å²) >= 11 is 0. The minimum absolute atomic E-state index is 0.0444. The van der Waals surface area contributed by atoms with E-state index < -0.39 is 26.3 Å². The normalized spacial score (nSPS) is 12.5. The molecule has 0 aliphatic carbocycles. The molecule has 1 aromatic heterocycles. The Morgan fingerprint density at radius 3 is 2.62 bits per heavy atom. The van der Waals surface area contributed by atoms with Crippen molar-refractivity contribution in [1.29, 1.82) is 0 Å². The lowest BCUT2D eigenvalue weighted by Crippen LogP contribution is -1.90. The Labute approximate surface area is 93.3 Å². The van der Waals surface area contributed by atoms with Gasteiger partial charge in [-0.15, -0.1) is 0 Å². The van der Waals surface area contributed by atoms with Gasteiger partial charge in [0.1, 0.15) is 5.52 Å². The largest absolute Gasteiger partial charge is 0.427 e. The number of hydrogen-bond acceptors (Lipinski definition) is 4. The van der Waals surface area contributed by atoms with Crippen molar-refractivity contribution in [3.8, 4) is 0 Å². The zero-order chi connectivity index (χ0) is 11.9. The monoisotopic (exact) mass is 267 g/mol. The van der Waals surface area contributed by atoms with Crippen molar-refractivity contribution in [2.45, 2.75) is 11.6 Å². The van der Waals surface area contributed by atoms with E-state index in [9.17, 15) is 17.2 Å². The van der Waals surface area contributed by atoms with Crippen molar-refractivity contribution in [2.24, 2.45) is 0 Å². The second-order valence-corrected chi connectivity index (χ2v) is 5.36. The third-order valence-electron chi connectivity index (χ3n) is 1.87. The number of benzene rings is 1. The molecule has 1 aromatic carbocycles. The van der Waals surface area contributed by atoms with Crippen LogP contribution in [0.5, 0.6) is 0 Å². The average Bonchev–Trinajstić information content (AvgIpc) is 2.59. The first-order valence-electron chi connectivity index (χ1n) is 4.02. The van der Waals surface area contributed by atoms with Gasteiger partial charge in [-0.2, -0.15) is 4.98 Å². The first-order valence-corrected chi connectivity index (χ1v) is 6.33. The van der Waals surface area contributed by atoms with Gasteiger partial charge >= 0.3 is 14.3 Å². The summed E-state index contributed by atoms with van der Waals surface area (Å²) in [6.45, 7) is 0. The second kappa shape index (κ2) is 3.67. The highest BCUT2D eigenvalue weighted by atomic mass is 35.7. The molecule has 0 aliphatic rings. The number of fused-ring (bicyclic) bond motifs is 1. The van der Waals surface area contributed by atoms with E-state index in [0.717, 1.165) is 6.07 Å². The lowest BCUT2D eigenvalue weighted by molar-refractivity contribution is 0.153. The van der Waals surface area contributed by atoms with Crippen molar-refractivity contribution >= 4 is 30.8 Å². The van der Waals surface area contributed by atoms with E-state index in [4.69, 9.17) is 15.1 Å². The number of alkyl halides is 2. The summed E-state index contributed by atoms with van der Waals surface area (Å²) in [7, 11) is 0.833. The van der Waals surface area contributed by atoms with Gasteiger partial charge in [-0.25, -0.2) is 17.2 Å². The Balaban J connectivity index is 2.76. The van der Waals surface area contributed by atoms with Crippen LogP contribution in [0.25, 0.3) is 11.1 Å². The van der Waals surface area contributed by atoms with Crippen molar-refractivity contribution in [1.82, 2.24) is 4.98 Å². The molecule has 0 fully saturated rings. The fourth-order valence-corrected chi connectivity index (χ4v) is 1.82. The van der Waals surface area contributed by atoms with Gasteiger partial charge in [0, 0.05) is 16.2 Å². The Hall–Kier alpha value is -1.21. The van der Waals surface area contributed by atoms with Gasteiger partial charge < -0.3 is 4.42 Å². The van der Waals surface area contributed by atoms with E-state index in [-0.39, 0.29) is 11.1 Å². The molecule has 0 saturated heterocycles. The number of nitrogens with zero attached hydrogens (tertiary/aromatic N) is 1. The van der Waals surface area contributed by atoms with Gasteiger partial charge in [-0.3, -0.25) is 0 Å². The third-order valence-corrected chi connectivity index (χ3v) is 2.86. The molecule has 4 nitrogen and oxygen atoms in total. The highest BCUT2D eigenvalue weighted by Gasteiger charge is 2.22. The molecule has 2 aromatic rings. The zero-order valence-electron chi connectivity index (χ0n) is 7.52. The minimum Gasteiger partial charge on any atom is -0.427 e. The summed E-state index contributed by atoms with van der Waals surface area (Å²) in [4.78, 5) is 3.44. The second-order valence-electron chi connectivity index (χ2n) is 2.91. The third kappa shape index (κ3) is 1.88. The van der Waals surface area contributed by atoms with Crippen LogP contribution in [0.15, 0.2) is 27.8 Å². The molecule has 0 spiro atoms. The number of oxazole rings is 1. The van der Waals surface area contributed by atoms with Crippen LogP contribution < -0.4 is 0 Å². The van der Waals surface area contributed by atoms with Crippen molar-refractivity contribution in [2.75, 3.05) is 0 Å². The van der Waals surface area contributed by atoms with Gasteiger partial charge in [-0.05, 0) is 6.07 Å². The summed E-state index contributed by atoms with van der Waals surface area (Å²) in [5, 5.41) is -0.780. The van der Waals surface area contributed by atoms with Gasteiger partial charge in [0.25, 0.3) is 6.43 Å². The molecule has 0 aliphatic heterocycles. The molecule has 0 bridgehead atoms. The van der Waals surface area contributed by atoms with E-state index in [2.05, 4.69) is 4.98 Å². The molecular weight excluding hydrogens is 264 g/mol. The van der Waals surface area contributed by atoms with E-state index >= 15 is 0 Å².